The van der Waals surface area contributed by atoms with Gasteiger partial charge in [0.05, 0.1) is 28.4 Å². The van der Waals surface area contributed by atoms with Gasteiger partial charge in [-0.1, -0.05) is 43.0 Å². The van der Waals surface area contributed by atoms with Crippen molar-refractivity contribution < 1.29 is 4.79 Å². The van der Waals surface area contributed by atoms with Gasteiger partial charge in [0.2, 0.25) is 0 Å². The number of benzene rings is 2. The first-order valence-corrected chi connectivity index (χ1v) is 10.2. The smallest absolute Gasteiger partial charge is 0.266 e. The highest BCUT2D eigenvalue weighted by Crippen LogP contribution is 2.22. The topological polar surface area (TPSA) is 99.6 Å². The number of para-hydroxylation sites is 1. The third-order valence-electron chi connectivity index (χ3n) is 4.58. The Morgan fingerprint density at radius 1 is 1.24 bits per heavy atom. The molecule has 1 N–H and O–H groups in total. The second-order valence-corrected chi connectivity index (χ2v) is 7.51. The summed E-state index contributed by atoms with van der Waals surface area (Å²) in [6.45, 7) is 3.50. The van der Waals surface area contributed by atoms with Crippen LogP contribution in [0.3, 0.4) is 0 Å². The van der Waals surface area contributed by atoms with Gasteiger partial charge in [0, 0.05) is 5.71 Å². The lowest BCUT2D eigenvalue weighted by Gasteiger charge is -2.14. The molecule has 6 nitrogen and oxygen atoms in total. The Hall–Kier alpha value is -3.24. The molecule has 0 aliphatic rings. The van der Waals surface area contributed by atoms with E-state index in [0.717, 1.165) is 23.7 Å². The molecule has 0 saturated heterocycles. The van der Waals surface area contributed by atoms with Crippen molar-refractivity contribution in [3.8, 4) is 11.8 Å². The molecule has 146 valence electrons. The maximum atomic E-state index is 13.2. The van der Waals surface area contributed by atoms with E-state index in [1.807, 2.05) is 30.3 Å². The molecule has 0 unspecified atom stereocenters. The van der Waals surface area contributed by atoms with Crippen molar-refractivity contribution in [1.82, 2.24) is 9.55 Å². The van der Waals surface area contributed by atoms with E-state index in [9.17, 15) is 9.59 Å². The molecule has 1 heterocycles. The molecule has 0 aliphatic carbocycles. The van der Waals surface area contributed by atoms with Crippen LogP contribution in [0.4, 0.5) is 0 Å². The maximum absolute atomic E-state index is 13.2. The number of ketones is 1. The maximum Gasteiger partial charge on any atom is 0.266 e. The molecular weight excluding hydrogens is 384 g/mol. The lowest BCUT2D eigenvalue weighted by atomic mass is 10.0. The predicted octanol–water partition coefficient (Wildman–Crippen LogP) is 3.79. The molecule has 0 fully saturated rings. The number of nitrogens with zero attached hydrogens (tertiary/aromatic N) is 3. The van der Waals surface area contributed by atoms with Crippen molar-refractivity contribution in [2.45, 2.75) is 25.4 Å². The van der Waals surface area contributed by atoms with Crippen LogP contribution < -0.4 is 5.56 Å². The molecule has 0 saturated carbocycles. The van der Waals surface area contributed by atoms with Crippen LogP contribution in [0.25, 0.3) is 16.6 Å². The van der Waals surface area contributed by atoms with E-state index in [0.29, 0.717) is 21.7 Å². The van der Waals surface area contributed by atoms with E-state index in [4.69, 9.17) is 10.7 Å². The van der Waals surface area contributed by atoms with E-state index in [-0.39, 0.29) is 22.8 Å². The molecule has 0 spiro atoms. The molecule has 1 atom stereocenters. The number of carbonyl (C=O) groups excluding carboxylic acids is 1. The Bertz CT molecular complexity index is 1180. The van der Waals surface area contributed by atoms with Gasteiger partial charge in [0.15, 0.2) is 10.9 Å². The van der Waals surface area contributed by atoms with E-state index < -0.39 is 5.92 Å². The molecule has 7 heteroatoms. The number of nitrogens with one attached hydrogen (secondary N) is 1. The first kappa shape index (κ1) is 20.5. The van der Waals surface area contributed by atoms with E-state index in [1.54, 1.807) is 24.3 Å². The summed E-state index contributed by atoms with van der Waals surface area (Å²) in [5, 5.41) is 17.6. The van der Waals surface area contributed by atoms with Gasteiger partial charge in [-0.2, -0.15) is 5.26 Å². The number of hydrogen-bond donors (Lipinski definition) is 1. The van der Waals surface area contributed by atoms with Crippen molar-refractivity contribution in [3.05, 3.63) is 64.4 Å². The first-order chi connectivity index (χ1) is 14.0. The number of fused-ring (bicyclic) bond motifs is 1. The van der Waals surface area contributed by atoms with Crippen LogP contribution in [0.2, 0.25) is 0 Å². The van der Waals surface area contributed by atoms with Gasteiger partial charge in [-0.15, -0.1) is 0 Å². The van der Waals surface area contributed by atoms with Gasteiger partial charge in [0.1, 0.15) is 5.92 Å². The normalized spacial score (nSPS) is 11.8. The molecule has 0 amide bonds. The Morgan fingerprint density at radius 2 is 1.93 bits per heavy atom. The predicted molar refractivity (Wildman–Crippen MR) is 115 cm³/mol. The fourth-order valence-electron chi connectivity index (χ4n) is 2.95. The van der Waals surface area contributed by atoms with Gasteiger partial charge in [-0.3, -0.25) is 14.2 Å². The summed E-state index contributed by atoms with van der Waals surface area (Å²) in [5.41, 5.74) is 2.17. The molecule has 0 radical (unpaired) electrons. The van der Waals surface area contributed by atoms with Crippen LogP contribution in [0.1, 0.15) is 19.4 Å². The molecular formula is C22H20N4O2S. The minimum Gasteiger partial charge on any atom is -0.308 e. The van der Waals surface area contributed by atoms with E-state index in [2.05, 4.69) is 11.9 Å². The number of hydrogen-bond acceptors (Lipinski definition) is 6. The Kier molecular flexibility index (Phi) is 6.25. The summed E-state index contributed by atoms with van der Waals surface area (Å²) in [6.07, 6.45) is 0.889. The van der Waals surface area contributed by atoms with Crippen molar-refractivity contribution in [1.29, 1.82) is 10.7 Å². The zero-order valence-electron chi connectivity index (χ0n) is 16.2. The van der Waals surface area contributed by atoms with Gasteiger partial charge >= 0.3 is 0 Å². The summed E-state index contributed by atoms with van der Waals surface area (Å²) in [6, 6.07) is 16.6. The van der Waals surface area contributed by atoms with Crippen molar-refractivity contribution in [2.24, 2.45) is 5.92 Å². The number of Topliss-reactive ketones (excluding diaryl/α,β-unsaturated/α-hetero) is 1. The first-order valence-electron chi connectivity index (χ1n) is 9.17. The minimum absolute atomic E-state index is 0.0112. The van der Waals surface area contributed by atoms with E-state index in [1.165, 1.54) is 11.5 Å². The monoisotopic (exact) mass is 404 g/mol. The van der Waals surface area contributed by atoms with Crippen LogP contribution in [0.5, 0.6) is 0 Å². The lowest BCUT2D eigenvalue weighted by molar-refractivity contribution is -0.117. The van der Waals surface area contributed by atoms with Crippen molar-refractivity contribution in [2.75, 3.05) is 5.75 Å². The molecule has 3 aromatic rings. The van der Waals surface area contributed by atoms with Gasteiger partial charge in [-0.25, -0.2) is 4.98 Å². The van der Waals surface area contributed by atoms with Crippen molar-refractivity contribution in [3.63, 3.8) is 0 Å². The summed E-state index contributed by atoms with van der Waals surface area (Å²) in [5.74, 6) is -1.50. The number of nitriles is 1. The van der Waals surface area contributed by atoms with Crippen LogP contribution >= 0.6 is 11.8 Å². The molecule has 2 aromatic carbocycles. The highest BCUT2D eigenvalue weighted by atomic mass is 32.2. The summed E-state index contributed by atoms with van der Waals surface area (Å²) in [7, 11) is 0. The van der Waals surface area contributed by atoms with Crippen LogP contribution in [-0.2, 0) is 11.2 Å². The average Bonchev–Trinajstić information content (AvgIpc) is 2.73. The van der Waals surface area contributed by atoms with Gasteiger partial charge < -0.3 is 5.41 Å². The van der Waals surface area contributed by atoms with Gasteiger partial charge in [-0.05, 0) is 43.2 Å². The summed E-state index contributed by atoms with van der Waals surface area (Å²) >= 11 is 1.10. The third kappa shape index (κ3) is 4.28. The van der Waals surface area contributed by atoms with Crippen molar-refractivity contribution >= 4 is 34.2 Å². The Balaban J connectivity index is 2.07. The molecule has 0 bridgehead atoms. The largest absolute Gasteiger partial charge is 0.308 e. The highest BCUT2D eigenvalue weighted by molar-refractivity contribution is 7.99. The number of carbonyl (C=O) groups is 1. The zero-order chi connectivity index (χ0) is 21.0. The fraction of sp³-hybridized carbons (Fsp3) is 0.227. The summed E-state index contributed by atoms with van der Waals surface area (Å²) in [4.78, 5) is 30.1. The van der Waals surface area contributed by atoms with Crippen LogP contribution in [-0.4, -0.2) is 26.8 Å². The lowest BCUT2D eigenvalue weighted by Crippen LogP contribution is -2.24. The third-order valence-corrected chi connectivity index (χ3v) is 5.54. The fourth-order valence-corrected chi connectivity index (χ4v) is 3.87. The van der Waals surface area contributed by atoms with Crippen LogP contribution in [0.15, 0.2) is 58.5 Å². The highest BCUT2D eigenvalue weighted by Gasteiger charge is 2.22. The standard InChI is InChI=1S/C22H20N4O2S/c1-3-15-8-10-16(11-9-15)26-21(28)17-6-4-5-7-19(17)25-22(26)29-13-20(27)18(12-23)14(2)24/h4-11,18,24H,3,13H2,1-2H3/t18-/m0/s1. The molecule has 29 heavy (non-hydrogen) atoms. The molecule has 3 rings (SSSR count). The second-order valence-electron chi connectivity index (χ2n) is 6.57. The number of thioether (sulfide) groups is 1. The Labute approximate surface area is 172 Å². The second kappa shape index (κ2) is 8.84. The van der Waals surface area contributed by atoms with Gasteiger partial charge in [0.25, 0.3) is 5.56 Å². The van der Waals surface area contributed by atoms with E-state index >= 15 is 0 Å². The Morgan fingerprint density at radius 3 is 2.55 bits per heavy atom. The average molecular weight is 404 g/mol. The number of aromatic nitrogens is 2. The minimum atomic E-state index is -1.08. The quantitative estimate of drug-likeness (QED) is 0.367. The SMILES string of the molecule is CCc1ccc(-n2c(SCC(=O)[C@@H](C#N)C(C)=N)nc3ccccc3c2=O)cc1. The number of rotatable bonds is 7. The molecule has 0 aliphatic heterocycles. The molecule has 1 aromatic heterocycles. The summed E-state index contributed by atoms with van der Waals surface area (Å²) < 4.78 is 1.50. The zero-order valence-corrected chi connectivity index (χ0v) is 17.0. The van der Waals surface area contributed by atoms with Crippen LogP contribution in [0, 0.1) is 22.7 Å². The number of aryl methyl sites for hydroxylation is 1.